The fraction of sp³-hybridized carbons (Fsp3) is 0.176. The van der Waals surface area contributed by atoms with Gasteiger partial charge in [-0.05, 0) is 17.7 Å². The van der Waals surface area contributed by atoms with Gasteiger partial charge in [-0.25, -0.2) is 9.59 Å². The molecule has 1 aliphatic rings. The third-order valence-electron chi connectivity index (χ3n) is 3.43. The minimum Gasteiger partial charge on any atom is -0.452 e. The molecule has 0 spiro atoms. The molecular weight excluding hydrogens is 282 g/mol. The number of ether oxygens (including phenoxy) is 2. The summed E-state index contributed by atoms with van der Waals surface area (Å²) in [6.07, 6.45) is -1.10. The molecule has 5 nitrogen and oxygen atoms in total. The summed E-state index contributed by atoms with van der Waals surface area (Å²) >= 11 is 0. The Morgan fingerprint density at radius 1 is 1.09 bits per heavy atom. The Morgan fingerprint density at radius 2 is 1.73 bits per heavy atom. The van der Waals surface area contributed by atoms with Gasteiger partial charge in [-0.2, -0.15) is 0 Å². The van der Waals surface area contributed by atoms with Crippen LogP contribution in [-0.2, 0) is 9.47 Å². The summed E-state index contributed by atoms with van der Waals surface area (Å²) in [6.45, 7) is 0.167. The van der Waals surface area contributed by atoms with E-state index in [2.05, 4.69) is 5.32 Å². The highest BCUT2D eigenvalue weighted by atomic mass is 16.6. The minimum absolute atomic E-state index is 0.167. The van der Waals surface area contributed by atoms with E-state index in [1.165, 1.54) is 0 Å². The number of esters is 1. The van der Waals surface area contributed by atoms with Crippen LogP contribution in [0.4, 0.5) is 4.79 Å². The summed E-state index contributed by atoms with van der Waals surface area (Å²) < 4.78 is 10.5. The number of hydrogen-bond acceptors (Lipinski definition) is 4. The number of alkyl carbamates (subject to hydrolysis) is 1. The van der Waals surface area contributed by atoms with E-state index in [0.717, 1.165) is 5.56 Å². The third-order valence-corrected chi connectivity index (χ3v) is 3.43. The van der Waals surface area contributed by atoms with Gasteiger partial charge in [0, 0.05) is 0 Å². The topological polar surface area (TPSA) is 64.6 Å². The van der Waals surface area contributed by atoms with Crippen LogP contribution in [0.1, 0.15) is 22.0 Å². The zero-order chi connectivity index (χ0) is 15.4. The van der Waals surface area contributed by atoms with E-state index in [1.54, 1.807) is 24.3 Å². The molecule has 112 valence electrons. The summed E-state index contributed by atoms with van der Waals surface area (Å²) in [5.74, 6) is -0.435. The molecule has 0 bridgehead atoms. The first-order valence-corrected chi connectivity index (χ1v) is 6.98. The lowest BCUT2D eigenvalue weighted by Crippen LogP contribution is -2.35. The smallest absolute Gasteiger partial charge is 0.407 e. The van der Waals surface area contributed by atoms with Crippen LogP contribution in [0.3, 0.4) is 0 Å². The highest BCUT2D eigenvalue weighted by Crippen LogP contribution is 2.25. The van der Waals surface area contributed by atoms with Gasteiger partial charge in [-0.1, -0.05) is 48.5 Å². The van der Waals surface area contributed by atoms with Crippen molar-refractivity contribution in [2.45, 2.75) is 12.1 Å². The van der Waals surface area contributed by atoms with E-state index in [1.807, 2.05) is 36.4 Å². The quantitative estimate of drug-likeness (QED) is 0.881. The van der Waals surface area contributed by atoms with Crippen LogP contribution in [0.25, 0.3) is 0 Å². The number of rotatable bonds is 4. The molecule has 0 aliphatic carbocycles. The van der Waals surface area contributed by atoms with Crippen molar-refractivity contribution in [2.24, 2.45) is 0 Å². The lowest BCUT2D eigenvalue weighted by atomic mass is 10.0. The largest absolute Gasteiger partial charge is 0.452 e. The number of amides is 1. The second-order valence-corrected chi connectivity index (χ2v) is 4.95. The molecule has 1 N–H and O–H groups in total. The lowest BCUT2D eigenvalue weighted by molar-refractivity contribution is 0.0203. The van der Waals surface area contributed by atoms with Gasteiger partial charge in [-0.15, -0.1) is 0 Å². The standard InChI is InChI=1S/C17H15NO4/c19-16(13-9-5-2-6-10-13)22-15(12-7-3-1-4-8-12)14-11-21-17(20)18-14/h1-10,14-15H,11H2,(H,18,20)/t14-,15-/m0/s1. The molecule has 1 amide bonds. The van der Waals surface area contributed by atoms with Crippen LogP contribution in [0.15, 0.2) is 60.7 Å². The summed E-state index contributed by atoms with van der Waals surface area (Å²) in [6, 6.07) is 17.7. The van der Waals surface area contributed by atoms with Crippen molar-refractivity contribution in [2.75, 3.05) is 6.61 Å². The molecule has 1 saturated heterocycles. The van der Waals surface area contributed by atoms with Crippen molar-refractivity contribution >= 4 is 12.1 Å². The Morgan fingerprint density at radius 3 is 2.32 bits per heavy atom. The lowest BCUT2D eigenvalue weighted by Gasteiger charge is -2.22. The van der Waals surface area contributed by atoms with Crippen LogP contribution in [0.5, 0.6) is 0 Å². The summed E-state index contributed by atoms with van der Waals surface area (Å²) in [4.78, 5) is 23.6. The van der Waals surface area contributed by atoms with Gasteiger partial charge < -0.3 is 14.8 Å². The molecule has 1 aliphatic heterocycles. The van der Waals surface area contributed by atoms with Gasteiger partial charge in [0.2, 0.25) is 0 Å². The second-order valence-electron chi connectivity index (χ2n) is 4.95. The van der Waals surface area contributed by atoms with Crippen molar-refractivity contribution in [1.82, 2.24) is 5.32 Å². The first-order chi connectivity index (χ1) is 10.7. The predicted octanol–water partition coefficient (Wildman–Crippen LogP) is 2.69. The monoisotopic (exact) mass is 297 g/mol. The van der Waals surface area contributed by atoms with E-state index < -0.39 is 24.2 Å². The second kappa shape index (κ2) is 6.30. The fourth-order valence-electron chi connectivity index (χ4n) is 2.35. The van der Waals surface area contributed by atoms with E-state index in [4.69, 9.17) is 9.47 Å². The number of carbonyl (C=O) groups excluding carboxylic acids is 2. The average Bonchev–Trinajstić information content (AvgIpc) is 3.00. The number of nitrogens with one attached hydrogen (secondary N) is 1. The number of benzene rings is 2. The molecule has 2 atom stereocenters. The Bertz CT molecular complexity index is 657. The van der Waals surface area contributed by atoms with Crippen LogP contribution >= 0.6 is 0 Å². The molecule has 3 rings (SSSR count). The molecular formula is C17H15NO4. The van der Waals surface area contributed by atoms with Crippen molar-refractivity contribution in [3.63, 3.8) is 0 Å². The molecule has 22 heavy (non-hydrogen) atoms. The predicted molar refractivity (Wildman–Crippen MR) is 79.3 cm³/mol. The van der Waals surface area contributed by atoms with Gasteiger partial charge in [0.1, 0.15) is 12.6 Å². The number of cyclic esters (lactones) is 1. The molecule has 0 unspecified atom stereocenters. The molecule has 0 aromatic heterocycles. The van der Waals surface area contributed by atoms with Crippen LogP contribution in [-0.4, -0.2) is 24.7 Å². The average molecular weight is 297 g/mol. The molecule has 0 radical (unpaired) electrons. The summed E-state index contributed by atoms with van der Waals surface area (Å²) in [5, 5.41) is 2.67. The maximum absolute atomic E-state index is 12.3. The minimum atomic E-state index is -0.597. The van der Waals surface area contributed by atoms with Crippen molar-refractivity contribution in [3.8, 4) is 0 Å². The Hall–Kier alpha value is -2.82. The molecule has 0 saturated carbocycles. The molecule has 2 aromatic rings. The van der Waals surface area contributed by atoms with Crippen LogP contribution in [0.2, 0.25) is 0 Å². The van der Waals surface area contributed by atoms with Crippen LogP contribution < -0.4 is 5.32 Å². The number of carbonyl (C=O) groups is 2. The van der Waals surface area contributed by atoms with Gasteiger partial charge in [-0.3, -0.25) is 0 Å². The Kier molecular flexibility index (Phi) is 4.05. The summed E-state index contributed by atoms with van der Waals surface area (Å²) in [7, 11) is 0. The van der Waals surface area contributed by atoms with E-state index in [9.17, 15) is 9.59 Å². The highest BCUT2D eigenvalue weighted by Gasteiger charge is 2.34. The normalized spacial score (nSPS) is 18.2. The maximum atomic E-state index is 12.3. The molecule has 1 heterocycles. The van der Waals surface area contributed by atoms with Crippen molar-refractivity contribution in [1.29, 1.82) is 0 Å². The van der Waals surface area contributed by atoms with Crippen molar-refractivity contribution in [3.05, 3.63) is 71.8 Å². The van der Waals surface area contributed by atoms with E-state index >= 15 is 0 Å². The zero-order valence-electron chi connectivity index (χ0n) is 11.8. The van der Waals surface area contributed by atoms with Gasteiger partial charge >= 0.3 is 12.1 Å². The molecule has 5 heteroatoms. The summed E-state index contributed by atoms with van der Waals surface area (Å²) in [5.41, 5.74) is 1.27. The Labute approximate surface area is 127 Å². The zero-order valence-corrected chi connectivity index (χ0v) is 11.8. The fourth-order valence-corrected chi connectivity index (χ4v) is 2.35. The van der Waals surface area contributed by atoms with Gasteiger partial charge in [0.25, 0.3) is 0 Å². The van der Waals surface area contributed by atoms with Crippen LogP contribution in [0, 0.1) is 0 Å². The third kappa shape index (κ3) is 3.09. The first kappa shape index (κ1) is 14.1. The maximum Gasteiger partial charge on any atom is 0.407 e. The molecule has 1 fully saturated rings. The SMILES string of the molecule is O=C1N[C@H]([C@@H](OC(=O)c2ccccc2)c2ccccc2)CO1. The highest BCUT2D eigenvalue weighted by molar-refractivity contribution is 5.89. The van der Waals surface area contributed by atoms with Gasteiger partial charge in [0.15, 0.2) is 6.10 Å². The Balaban J connectivity index is 1.83. The molecule has 2 aromatic carbocycles. The van der Waals surface area contributed by atoms with E-state index in [0.29, 0.717) is 5.56 Å². The number of hydrogen-bond donors (Lipinski definition) is 1. The van der Waals surface area contributed by atoms with Gasteiger partial charge in [0.05, 0.1) is 5.56 Å². The first-order valence-electron chi connectivity index (χ1n) is 6.98. The van der Waals surface area contributed by atoms with E-state index in [-0.39, 0.29) is 6.61 Å². The van der Waals surface area contributed by atoms with Crippen molar-refractivity contribution < 1.29 is 19.1 Å².